The van der Waals surface area contributed by atoms with Crippen molar-refractivity contribution < 1.29 is 14.0 Å². The Hall–Kier alpha value is -3.69. The number of amides is 2. The summed E-state index contributed by atoms with van der Waals surface area (Å²) in [7, 11) is 0. The molecule has 0 saturated heterocycles. The van der Waals surface area contributed by atoms with Crippen LogP contribution < -0.4 is 10.6 Å². The highest BCUT2D eigenvalue weighted by molar-refractivity contribution is 7.99. The van der Waals surface area contributed by atoms with Crippen molar-refractivity contribution >= 4 is 46.6 Å². The molecule has 0 fully saturated rings. The number of pyridine rings is 1. The summed E-state index contributed by atoms with van der Waals surface area (Å²) in [5.41, 5.74) is 2.43. The third-order valence-electron chi connectivity index (χ3n) is 4.17. The summed E-state index contributed by atoms with van der Waals surface area (Å²) >= 11 is 6.97. The first-order valence-corrected chi connectivity index (χ1v) is 10.8. The Kier molecular flexibility index (Phi) is 6.78. The van der Waals surface area contributed by atoms with Crippen molar-refractivity contribution in [2.75, 3.05) is 16.4 Å². The van der Waals surface area contributed by atoms with Gasteiger partial charge in [-0.15, -0.1) is 10.2 Å². The molecular formula is C22H16ClN5O3S. The summed E-state index contributed by atoms with van der Waals surface area (Å²) in [5.74, 6) is -0.0236. The van der Waals surface area contributed by atoms with Gasteiger partial charge >= 0.3 is 0 Å². The first kappa shape index (κ1) is 21.5. The number of nitrogens with one attached hydrogen (secondary N) is 2. The molecule has 0 saturated carbocycles. The van der Waals surface area contributed by atoms with Crippen LogP contribution in [0.3, 0.4) is 0 Å². The first-order valence-electron chi connectivity index (χ1n) is 9.40. The highest BCUT2D eigenvalue weighted by Gasteiger charge is 2.12. The van der Waals surface area contributed by atoms with Gasteiger partial charge in [0.1, 0.15) is 0 Å². The van der Waals surface area contributed by atoms with Crippen LogP contribution in [0, 0.1) is 0 Å². The predicted molar refractivity (Wildman–Crippen MR) is 123 cm³/mol. The number of halogens is 1. The Balaban J connectivity index is 1.31. The van der Waals surface area contributed by atoms with Crippen molar-refractivity contribution in [3.63, 3.8) is 0 Å². The van der Waals surface area contributed by atoms with E-state index < -0.39 is 0 Å². The molecule has 2 N–H and O–H groups in total. The van der Waals surface area contributed by atoms with Gasteiger partial charge in [-0.05, 0) is 60.7 Å². The molecule has 2 aromatic heterocycles. The highest BCUT2D eigenvalue weighted by atomic mass is 35.5. The quantitative estimate of drug-likeness (QED) is 0.378. The fraction of sp³-hybridized carbons (Fsp3) is 0.0455. The minimum absolute atomic E-state index is 0.115. The number of hydrogen-bond donors (Lipinski definition) is 2. The van der Waals surface area contributed by atoms with Gasteiger partial charge in [0.25, 0.3) is 11.1 Å². The number of rotatable bonds is 7. The Labute approximate surface area is 192 Å². The van der Waals surface area contributed by atoms with Gasteiger partial charge in [0.05, 0.1) is 11.3 Å². The summed E-state index contributed by atoms with van der Waals surface area (Å²) in [4.78, 5) is 28.2. The zero-order valence-electron chi connectivity index (χ0n) is 16.5. The predicted octanol–water partition coefficient (Wildman–Crippen LogP) is 4.77. The smallest absolute Gasteiger partial charge is 0.277 e. The van der Waals surface area contributed by atoms with Gasteiger partial charge in [0.2, 0.25) is 11.8 Å². The molecular weight excluding hydrogens is 450 g/mol. The summed E-state index contributed by atoms with van der Waals surface area (Å²) in [6.07, 6.45) is 3.10. The Morgan fingerprint density at radius 2 is 1.66 bits per heavy atom. The largest absolute Gasteiger partial charge is 0.411 e. The van der Waals surface area contributed by atoms with Crippen molar-refractivity contribution in [2.24, 2.45) is 0 Å². The monoisotopic (exact) mass is 465 g/mol. The molecule has 4 rings (SSSR count). The Morgan fingerprint density at radius 3 is 2.38 bits per heavy atom. The summed E-state index contributed by atoms with van der Waals surface area (Å²) in [5, 5.41) is 14.4. The van der Waals surface area contributed by atoms with Crippen LogP contribution in [0.2, 0.25) is 5.02 Å². The molecule has 10 heteroatoms. The van der Waals surface area contributed by atoms with Crippen molar-refractivity contribution in [3.8, 4) is 11.5 Å². The Morgan fingerprint density at radius 1 is 0.938 bits per heavy atom. The fourth-order valence-corrected chi connectivity index (χ4v) is 3.33. The van der Waals surface area contributed by atoms with Crippen LogP contribution in [0.5, 0.6) is 0 Å². The third-order valence-corrected chi connectivity index (χ3v) is 5.25. The van der Waals surface area contributed by atoms with Crippen molar-refractivity contribution in [1.29, 1.82) is 0 Å². The molecule has 2 aromatic carbocycles. The average molecular weight is 466 g/mol. The SMILES string of the molecule is O=C(CSc1nnc(-c2ccc(NC(=O)c3cccnc3)cc2)o1)Nc1ccc(Cl)cc1. The van der Waals surface area contributed by atoms with E-state index >= 15 is 0 Å². The Bertz CT molecular complexity index is 1210. The number of thioether (sulfide) groups is 1. The highest BCUT2D eigenvalue weighted by Crippen LogP contribution is 2.25. The van der Waals surface area contributed by atoms with Crippen LogP contribution >= 0.6 is 23.4 Å². The molecule has 8 nitrogen and oxygen atoms in total. The molecule has 0 spiro atoms. The molecule has 2 heterocycles. The van der Waals surface area contributed by atoms with E-state index in [1.165, 1.54) is 6.20 Å². The van der Waals surface area contributed by atoms with Crippen LogP contribution in [0.25, 0.3) is 11.5 Å². The van der Waals surface area contributed by atoms with Crippen LogP contribution in [0.4, 0.5) is 11.4 Å². The lowest BCUT2D eigenvalue weighted by Gasteiger charge is -2.05. The average Bonchev–Trinajstić information content (AvgIpc) is 3.29. The maximum absolute atomic E-state index is 12.2. The van der Waals surface area contributed by atoms with E-state index in [4.69, 9.17) is 16.0 Å². The molecule has 0 atom stereocenters. The van der Waals surface area contributed by atoms with Crippen LogP contribution in [-0.4, -0.2) is 32.7 Å². The van der Waals surface area contributed by atoms with Crippen molar-refractivity contribution in [2.45, 2.75) is 5.22 Å². The van der Waals surface area contributed by atoms with E-state index in [0.717, 1.165) is 11.8 Å². The number of aromatic nitrogens is 3. The van der Waals surface area contributed by atoms with E-state index in [2.05, 4.69) is 25.8 Å². The van der Waals surface area contributed by atoms with Gasteiger partial charge in [0.15, 0.2) is 0 Å². The summed E-state index contributed by atoms with van der Waals surface area (Å²) in [6.45, 7) is 0. The van der Waals surface area contributed by atoms with Crippen LogP contribution in [0.1, 0.15) is 10.4 Å². The normalized spacial score (nSPS) is 10.5. The molecule has 0 bridgehead atoms. The molecule has 0 radical (unpaired) electrons. The van der Waals surface area contributed by atoms with E-state index in [-0.39, 0.29) is 22.8 Å². The number of hydrogen-bond acceptors (Lipinski definition) is 7. The van der Waals surface area contributed by atoms with Crippen molar-refractivity contribution in [1.82, 2.24) is 15.2 Å². The zero-order valence-corrected chi connectivity index (χ0v) is 18.1. The van der Waals surface area contributed by atoms with Crippen molar-refractivity contribution in [3.05, 3.63) is 83.6 Å². The molecule has 0 aliphatic rings. The molecule has 32 heavy (non-hydrogen) atoms. The summed E-state index contributed by atoms with van der Waals surface area (Å²) < 4.78 is 5.62. The van der Waals surface area contributed by atoms with Gasteiger partial charge in [-0.3, -0.25) is 14.6 Å². The third kappa shape index (κ3) is 5.71. The summed E-state index contributed by atoms with van der Waals surface area (Å²) in [6, 6.07) is 17.2. The molecule has 4 aromatic rings. The lowest BCUT2D eigenvalue weighted by molar-refractivity contribution is -0.113. The number of carbonyl (C=O) groups is 2. The number of anilines is 2. The second-order valence-electron chi connectivity index (χ2n) is 6.49. The van der Waals surface area contributed by atoms with E-state index in [1.807, 2.05) is 0 Å². The minimum atomic E-state index is -0.251. The fourth-order valence-electron chi connectivity index (χ4n) is 2.64. The van der Waals surface area contributed by atoms with Crippen LogP contribution in [-0.2, 0) is 4.79 Å². The second-order valence-corrected chi connectivity index (χ2v) is 7.85. The lowest BCUT2D eigenvalue weighted by atomic mass is 10.2. The molecule has 2 amide bonds. The molecule has 0 unspecified atom stereocenters. The number of carbonyl (C=O) groups excluding carboxylic acids is 2. The molecule has 0 aliphatic heterocycles. The van der Waals surface area contributed by atoms with Gasteiger partial charge in [-0.25, -0.2) is 0 Å². The second kappa shape index (κ2) is 10.1. The first-order chi connectivity index (χ1) is 15.6. The van der Waals surface area contributed by atoms with Gasteiger partial charge in [-0.1, -0.05) is 23.4 Å². The number of nitrogens with zero attached hydrogens (tertiary/aromatic N) is 3. The maximum Gasteiger partial charge on any atom is 0.277 e. The van der Waals surface area contributed by atoms with Gasteiger partial charge < -0.3 is 15.1 Å². The topological polar surface area (TPSA) is 110 Å². The van der Waals surface area contributed by atoms with Crippen LogP contribution in [0.15, 0.2) is 82.7 Å². The zero-order chi connectivity index (χ0) is 22.3. The van der Waals surface area contributed by atoms with E-state index in [1.54, 1.807) is 66.9 Å². The maximum atomic E-state index is 12.2. The number of benzene rings is 2. The van der Waals surface area contributed by atoms with E-state index in [9.17, 15) is 9.59 Å². The minimum Gasteiger partial charge on any atom is -0.411 e. The lowest BCUT2D eigenvalue weighted by Crippen LogP contribution is -2.13. The van der Waals surface area contributed by atoms with Gasteiger partial charge in [-0.2, -0.15) is 0 Å². The molecule has 0 aliphatic carbocycles. The standard InChI is InChI=1S/C22H16ClN5O3S/c23-16-5-9-17(10-6-16)25-19(29)13-32-22-28-27-21(31-22)14-3-7-18(8-4-14)26-20(30)15-2-1-11-24-12-15/h1-12H,13H2,(H,25,29)(H,26,30). The molecule has 160 valence electrons. The van der Waals surface area contributed by atoms with Gasteiger partial charge in [0, 0.05) is 34.4 Å². The van der Waals surface area contributed by atoms with E-state index in [0.29, 0.717) is 33.4 Å².